The van der Waals surface area contributed by atoms with Gasteiger partial charge in [-0.25, -0.2) is 9.18 Å². The van der Waals surface area contributed by atoms with Crippen molar-refractivity contribution >= 4 is 6.03 Å². The summed E-state index contributed by atoms with van der Waals surface area (Å²) in [6.45, 7) is 5.57. The van der Waals surface area contributed by atoms with E-state index in [1.165, 1.54) is 31.4 Å². The summed E-state index contributed by atoms with van der Waals surface area (Å²) in [5, 5.41) is 3.25. The van der Waals surface area contributed by atoms with Crippen molar-refractivity contribution < 1.29 is 13.9 Å². The Hall–Kier alpha value is -3.34. The zero-order valence-electron chi connectivity index (χ0n) is 22.1. The average molecular weight is 503 g/mol. The Morgan fingerprint density at radius 2 is 1.73 bits per heavy atom. The lowest BCUT2D eigenvalue weighted by atomic mass is 9.96. The monoisotopic (exact) mass is 502 g/mol. The summed E-state index contributed by atoms with van der Waals surface area (Å²) in [5.41, 5.74) is 4.05. The van der Waals surface area contributed by atoms with Gasteiger partial charge in [0.05, 0.1) is 18.7 Å². The quantitative estimate of drug-likeness (QED) is 0.283. The van der Waals surface area contributed by atoms with E-state index >= 15 is 0 Å². The maximum atomic E-state index is 13.7. The second-order valence-electron chi connectivity index (χ2n) is 9.96. The lowest BCUT2D eigenvalue weighted by Gasteiger charge is -2.33. The van der Waals surface area contributed by atoms with Gasteiger partial charge in [-0.1, -0.05) is 87.2 Å². The molecule has 2 amide bonds. The van der Waals surface area contributed by atoms with Gasteiger partial charge in [-0.2, -0.15) is 0 Å². The molecule has 0 saturated heterocycles. The maximum Gasteiger partial charge on any atom is 0.318 e. The molecule has 4 rings (SSSR count). The van der Waals surface area contributed by atoms with Gasteiger partial charge in [0.15, 0.2) is 0 Å². The number of amides is 2. The van der Waals surface area contributed by atoms with Crippen LogP contribution >= 0.6 is 0 Å². The van der Waals surface area contributed by atoms with Crippen LogP contribution in [0.1, 0.15) is 82.0 Å². The second-order valence-corrected chi connectivity index (χ2v) is 9.96. The number of unbranched alkanes of at least 4 members (excludes halogenated alkanes) is 4. The lowest BCUT2D eigenvalue weighted by Crippen LogP contribution is -2.43. The van der Waals surface area contributed by atoms with E-state index in [2.05, 4.69) is 24.4 Å². The van der Waals surface area contributed by atoms with Crippen LogP contribution in [0.4, 0.5) is 9.18 Å². The van der Waals surface area contributed by atoms with E-state index in [1.54, 1.807) is 12.1 Å². The van der Waals surface area contributed by atoms with E-state index in [4.69, 9.17) is 4.74 Å². The Morgan fingerprint density at radius 1 is 1.00 bits per heavy atom. The lowest BCUT2D eigenvalue weighted by molar-refractivity contribution is 0.165. The van der Waals surface area contributed by atoms with Gasteiger partial charge in [0.1, 0.15) is 11.6 Å². The van der Waals surface area contributed by atoms with Gasteiger partial charge < -0.3 is 15.0 Å². The number of benzene rings is 3. The number of ether oxygens (including phenoxy) is 1. The van der Waals surface area contributed by atoms with E-state index in [9.17, 15) is 9.18 Å². The summed E-state index contributed by atoms with van der Waals surface area (Å²) in [6.07, 6.45) is 7.44. The Morgan fingerprint density at radius 3 is 2.49 bits per heavy atom. The molecule has 196 valence electrons. The number of urea groups is 1. The minimum Gasteiger partial charge on any atom is -0.493 e. The summed E-state index contributed by atoms with van der Waals surface area (Å²) in [7, 11) is 0. The highest BCUT2D eigenvalue weighted by atomic mass is 19.1. The molecule has 3 aromatic rings. The van der Waals surface area contributed by atoms with E-state index < -0.39 is 0 Å². The number of hydrogen-bond donors (Lipinski definition) is 1. The number of halogens is 1. The number of carbonyl (C=O) groups is 1. The number of nitrogens with one attached hydrogen (secondary N) is 1. The molecule has 37 heavy (non-hydrogen) atoms. The first-order chi connectivity index (χ1) is 18.1. The second kappa shape index (κ2) is 13.3. The highest BCUT2D eigenvalue weighted by Crippen LogP contribution is 2.38. The molecule has 1 aliphatic rings. The molecule has 5 heteroatoms. The van der Waals surface area contributed by atoms with Crippen molar-refractivity contribution in [3.63, 3.8) is 0 Å². The number of rotatable bonds is 10. The first-order valence-electron chi connectivity index (χ1n) is 13.7. The molecule has 0 saturated carbocycles. The van der Waals surface area contributed by atoms with Crippen LogP contribution in [0.2, 0.25) is 0 Å². The highest BCUT2D eigenvalue weighted by molar-refractivity contribution is 5.76. The van der Waals surface area contributed by atoms with Crippen LogP contribution in [0, 0.1) is 5.82 Å². The predicted octanol–water partition coefficient (Wildman–Crippen LogP) is 8.45. The Balaban J connectivity index is 1.58. The van der Waals surface area contributed by atoms with E-state index in [0.717, 1.165) is 53.7 Å². The van der Waals surface area contributed by atoms with Crippen molar-refractivity contribution in [2.45, 2.75) is 70.9 Å². The molecule has 4 nitrogen and oxygen atoms in total. The van der Waals surface area contributed by atoms with Gasteiger partial charge in [-0.3, -0.25) is 0 Å². The molecular formula is C32H39FN2O2. The summed E-state index contributed by atoms with van der Waals surface area (Å²) >= 11 is 0. The summed E-state index contributed by atoms with van der Waals surface area (Å²) in [5.74, 6) is 0.560. The summed E-state index contributed by atoms with van der Waals surface area (Å²) in [4.78, 5) is 15.8. The van der Waals surface area contributed by atoms with Crippen LogP contribution in [-0.2, 0) is 0 Å². The number of hydrogen-bond acceptors (Lipinski definition) is 2. The number of fused-ring (bicyclic) bond motifs is 1. The molecule has 0 radical (unpaired) electrons. The van der Waals surface area contributed by atoms with Crippen LogP contribution in [0.15, 0.2) is 72.8 Å². The van der Waals surface area contributed by atoms with Crippen molar-refractivity contribution in [1.82, 2.24) is 10.2 Å². The third kappa shape index (κ3) is 7.12. The Bertz CT molecular complexity index is 1130. The molecule has 1 heterocycles. The van der Waals surface area contributed by atoms with E-state index in [0.29, 0.717) is 13.2 Å². The molecule has 1 aliphatic heterocycles. The minimum atomic E-state index is -0.250. The normalized spacial score (nSPS) is 15.7. The van der Waals surface area contributed by atoms with Crippen LogP contribution in [0.5, 0.6) is 5.75 Å². The van der Waals surface area contributed by atoms with Crippen LogP contribution in [-0.4, -0.2) is 24.1 Å². The van der Waals surface area contributed by atoms with Crippen molar-refractivity contribution in [3.8, 4) is 16.9 Å². The Labute approximate surface area is 220 Å². The molecule has 0 spiro atoms. The number of carbonyl (C=O) groups excluding carboxylic acids is 1. The zero-order valence-corrected chi connectivity index (χ0v) is 22.1. The molecule has 0 unspecified atom stereocenters. The molecule has 0 bridgehead atoms. The third-order valence-corrected chi connectivity index (χ3v) is 7.21. The van der Waals surface area contributed by atoms with Crippen molar-refractivity contribution in [3.05, 3.63) is 89.7 Å². The Kier molecular flexibility index (Phi) is 9.58. The average Bonchev–Trinajstić information content (AvgIpc) is 3.13. The van der Waals surface area contributed by atoms with Crippen LogP contribution < -0.4 is 10.1 Å². The molecule has 1 N–H and O–H groups in total. The topological polar surface area (TPSA) is 41.6 Å². The number of nitrogens with zero attached hydrogens (tertiary/aromatic N) is 1. The van der Waals surface area contributed by atoms with Crippen molar-refractivity contribution in [2.75, 3.05) is 13.2 Å². The highest BCUT2D eigenvalue weighted by Gasteiger charge is 2.30. The van der Waals surface area contributed by atoms with E-state index in [-0.39, 0.29) is 23.9 Å². The van der Waals surface area contributed by atoms with Gasteiger partial charge in [-0.15, -0.1) is 0 Å². The van der Waals surface area contributed by atoms with Gasteiger partial charge >= 0.3 is 6.03 Å². The van der Waals surface area contributed by atoms with Crippen molar-refractivity contribution in [2.24, 2.45) is 0 Å². The first kappa shape index (κ1) is 26.7. The van der Waals surface area contributed by atoms with E-state index in [1.807, 2.05) is 48.2 Å². The molecule has 0 fully saturated rings. The zero-order chi connectivity index (χ0) is 26.0. The largest absolute Gasteiger partial charge is 0.493 e. The van der Waals surface area contributed by atoms with Gasteiger partial charge in [0.25, 0.3) is 0 Å². The standard InChI is InChI=1S/C32H39FN2O2/c1-3-4-5-6-10-21-35(32(36)34-24(2)25-12-8-7-9-13-25)30-14-11-22-37-31-23-27(17-20-29(30)31)26-15-18-28(33)19-16-26/h7-9,12-13,15-20,23-24,30H,3-6,10-11,14,21-22H2,1-2H3,(H,34,36)/t24-,30-/m0/s1. The smallest absolute Gasteiger partial charge is 0.318 e. The molecule has 2 atom stereocenters. The fourth-order valence-corrected chi connectivity index (χ4v) is 5.07. The minimum absolute atomic E-state index is 0.0349. The van der Waals surface area contributed by atoms with Gasteiger partial charge in [0, 0.05) is 12.1 Å². The molecule has 0 aromatic heterocycles. The van der Waals surface area contributed by atoms with Crippen LogP contribution in [0.25, 0.3) is 11.1 Å². The fraction of sp³-hybridized carbons (Fsp3) is 0.406. The van der Waals surface area contributed by atoms with Gasteiger partial charge in [-0.05, 0) is 61.1 Å². The maximum absolute atomic E-state index is 13.7. The SMILES string of the molecule is CCCCCCCN(C(=O)N[C@@H](C)c1ccccc1)[C@H]1CCCOc2cc(-c3ccc(F)cc3)ccc21. The third-order valence-electron chi connectivity index (χ3n) is 7.21. The summed E-state index contributed by atoms with van der Waals surface area (Å²) < 4.78 is 19.6. The van der Waals surface area contributed by atoms with Crippen LogP contribution in [0.3, 0.4) is 0 Å². The first-order valence-corrected chi connectivity index (χ1v) is 13.7. The molecular weight excluding hydrogens is 463 g/mol. The fourth-order valence-electron chi connectivity index (χ4n) is 5.07. The van der Waals surface area contributed by atoms with Gasteiger partial charge in [0.2, 0.25) is 0 Å². The predicted molar refractivity (Wildman–Crippen MR) is 148 cm³/mol. The van der Waals surface area contributed by atoms with Crippen molar-refractivity contribution in [1.29, 1.82) is 0 Å². The molecule has 3 aromatic carbocycles. The molecule has 0 aliphatic carbocycles. The summed E-state index contributed by atoms with van der Waals surface area (Å²) in [6, 6.07) is 22.6.